The third kappa shape index (κ3) is 5.27. The highest BCUT2D eigenvalue weighted by Gasteiger charge is 2.61. The molecule has 1 aromatic rings. The Labute approximate surface area is 212 Å². The predicted octanol–water partition coefficient (Wildman–Crippen LogP) is -1.04. The average Bonchev–Trinajstić information content (AvgIpc) is 3.14. The van der Waals surface area contributed by atoms with Crippen molar-refractivity contribution in [1.29, 1.82) is 0 Å². The average molecular weight is 523 g/mol. The summed E-state index contributed by atoms with van der Waals surface area (Å²) < 4.78 is 22.2. The topological polar surface area (TPSA) is 192 Å². The van der Waals surface area contributed by atoms with Crippen molar-refractivity contribution < 1.29 is 59.2 Å². The second-order valence-corrected chi connectivity index (χ2v) is 9.44. The molecule has 10 atom stereocenters. The number of fused-ring (bicyclic) bond motifs is 1. The third-order valence-electron chi connectivity index (χ3n) is 7.16. The van der Waals surface area contributed by atoms with Crippen molar-refractivity contribution in [3.8, 4) is 5.75 Å². The van der Waals surface area contributed by atoms with E-state index in [1.807, 2.05) is 0 Å². The van der Waals surface area contributed by atoms with E-state index in [1.165, 1.54) is 24.3 Å². The molecule has 6 N–H and O–H groups in total. The largest absolute Gasteiger partial charge is 0.508 e. The lowest BCUT2D eigenvalue weighted by Crippen LogP contribution is -2.61. The van der Waals surface area contributed by atoms with Gasteiger partial charge in [0.25, 0.3) is 0 Å². The molecule has 2 heterocycles. The summed E-state index contributed by atoms with van der Waals surface area (Å²) in [4.78, 5) is 24.2. The first-order valence-electron chi connectivity index (χ1n) is 11.8. The number of hydrogen-bond donors (Lipinski definition) is 6. The van der Waals surface area contributed by atoms with E-state index in [4.69, 9.17) is 18.9 Å². The Morgan fingerprint density at radius 3 is 2.49 bits per heavy atom. The standard InChI is InChI=1S/C25H30O12/c1-12-16(35-18(29)7-4-13-2-5-15(28)6-3-13)8-25(33)14(9-26)11-34-23(19(12)25)37-24-22(32)21(31)20(30)17(10-27)36-24/h2-7,9,11-12,16-17,19-24,27-28,30-33H,8,10H2,1H3/b7-4+/t12-,16-,17+,19-,20+,21-,22+,23?,24-,25-/m0/s1. The minimum Gasteiger partial charge on any atom is -0.508 e. The molecule has 0 amide bonds. The van der Waals surface area contributed by atoms with Gasteiger partial charge in [-0.05, 0) is 23.8 Å². The van der Waals surface area contributed by atoms with E-state index in [9.17, 15) is 40.2 Å². The number of carbonyl (C=O) groups is 2. The number of phenols is 1. The Morgan fingerprint density at radius 1 is 1.14 bits per heavy atom. The summed E-state index contributed by atoms with van der Waals surface area (Å²) in [5.41, 5.74) is -1.24. The monoisotopic (exact) mass is 522 g/mol. The molecule has 0 spiro atoms. The maximum absolute atomic E-state index is 12.5. The van der Waals surface area contributed by atoms with Crippen LogP contribution in [0.3, 0.4) is 0 Å². The van der Waals surface area contributed by atoms with Gasteiger partial charge in [-0.2, -0.15) is 0 Å². The second-order valence-electron chi connectivity index (χ2n) is 9.44. The van der Waals surface area contributed by atoms with Crippen LogP contribution in [0.2, 0.25) is 0 Å². The summed E-state index contributed by atoms with van der Waals surface area (Å²) in [6, 6.07) is 6.14. The quantitative estimate of drug-likeness (QED) is 0.145. The highest BCUT2D eigenvalue weighted by atomic mass is 16.8. The molecule has 37 heavy (non-hydrogen) atoms. The number of aliphatic hydroxyl groups excluding tert-OH is 4. The van der Waals surface area contributed by atoms with Crippen LogP contribution >= 0.6 is 0 Å². The number of carbonyl (C=O) groups excluding carboxylic acids is 2. The maximum atomic E-state index is 12.5. The van der Waals surface area contributed by atoms with Gasteiger partial charge in [-0.25, -0.2) is 4.79 Å². The lowest BCUT2D eigenvalue weighted by atomic mass is 9.79. The molecule has 1 aliphatic carbocycles. The van der Waals surface area contributed by atoms with E-state index in [0.29, 0.717) is 11.8 Å². The molecule has 0 radical (unpaired) electrons. The summed E-state index contributed by atoms with van der Waals surface area (Å²) >= 11 is 0. The lowest BCUT2D eigenvalue weighted by molar-refractivity contribution is -0.346. The maximum Gasteiger partial charge on any atom is 0.331 e. The zero-order valence-electron chi connectivity index (χ0n) is 19.9. The zero-order valence-corrected chi connectivity index (χ0v) is 19.9. The fraction of sp³-hybridized carbons (Fsp3) is 0.520. The van der Waals surface area contributed by atoms with Gasteiger partial charge in [0.05, 0.1) is 24.4 Å². The van der Waals surface area contributed by atoms with E-state index in [2.05, 4.69) is 0 Å². The number of rotatable bonds is 7. The molecule has 1 saturated carbocycles. The molecule has 4 rings (SSSR count). The molecule has 1 saturated heterocycles. The van der Waals surface area contributed by atoms with Gasteiger partial charge in [0.2, 0.25) is 6.29 Å². The first kappa shape index (κ1) is 27.2. The summed E-state index contributed by atoms with van der Waals surface area (Å²) in [5, 5.41) is 60.7. The molecule has 2 aliphatic heterocycles. The Morgan fingerprint density at radius 2 is 1.84 bits per heavy atom. The van der Waals surface area contributed by atoms with Crippen LogP contribution in [-0.4, -0.2) is 98.2 Å². The molecular formula is C25H30O12. The van der Waals surface area contributed by atoms with E-state index >= 15 is 0 Å². The Kier molecular flexibility index (Phi) is 7.99. The van der Waals surface area contributed by atoms with E-state index < -0.39 is 73.1 Å². The fourth-order valence-corrected chi connectivity index (χ4v) is 5.05. The Balaban J connectivity index is 1.50. The van der Waals surface area contributed by atoms with E-state index in [1.54, 1.807) is 19.1 Å². The van der Waals surface area contributed by atoms with Crippen LogP contribution < -0.4 is 0 Å². The minimum absolute atomic E-state index is 0.0806. The lowest BCUT2D eigenvalue weighted by Gasteiger charge is -2.44. The molecule has 3 aliphatic rings. The first-order chi connectivity index (χ1) is 17.6. The van der Waals surface area contributed by atoms with Gasteiger partial charge in [-0.3, -0.25) is 4.79 Å². The third-order valence-corrected chi connectivity index (χ3v) is 7.16. The molecule has 12 nitrogen and oxygen atoms in total. The summed E-state index contributed by atoms with van der Waals surface area (Å²) in [6.07, 6.45) is -5.91. The normalized spacial score (nSPS) is 39.5. The van der Waals surface area contributed by atoms with Crippen LogP contribution in [0, 0.1) is 11.8 Å². The van der Waals surface area contributed by atoms with Crippen LogP contribution in [0.15, 0.2) is 42.2 Å². The van der Waals surface area contributed by atoms with Gasteiger partial charge in [0.15, 0.2) is 12.6 Å². The van der Waals surface area contributed by atoms with Crippen molar-refractivity contribution in [1.82, 2.24) is 0 Å². The van der Waals surface area contributed by atoms with Crippen molar-refractivity contribution in [2.75, 3.05) is 6.61 Å². The number of benzene rings is 1. The Hall–Kier alpha value is -2.84. The highest BCUT2D eigenvalue weighted by molar-refractivity contribution is 5.87. The molecule has 2 fully saturated rings. The van der Waals surface area contributed by atoms with Gasteiger partial charge >= 0.3 is 5.97 Å². The van der Waals surface area contributed by atoms with Crippen molar-refractivity contribution in [3.05, 3.63) is 47.7 Å². The number of aldehydes is 1. The number of aliphatic hydroxyl groups is 5. The second kappa shape index (κ2) is 10.9. The zero-order chi connectivity index (χ0) is 26.9. The molecule has 0 aromatic heterocycles. The van der Waals surface area contributed by atoms with Crippen molar-refractivity contribution in [2.24, 2.45) is 11.8 Å². The van der Waals surface area contributed by atoms with Crippen LogP contribution in [0.5, 0.6) is 5.75 Å². The number of esters is 1. The minimum atomic E-state index is -1.80. The molecule has 12 heteroatoms. The number of aromatic hydroxyl groups is 1. The van der Waals surface area contributed by atoms with Gasteiger partial charge in [0, 0.05) is 18.4 Å². The van der Waals surface area contributed by atoms with Gasteiger partial charge in [0.1, 0.15) is 41.9 Å². The molecule has 1 aromatic carbocycles. The number of phenolic OH excluding ortho intramolecular Hbond substituents is 1. The molecule has 0 bridgehead atoms. The predicted molar refractivity (Wildman–Crippen MR) is 123 cm³/mol. The van der Waals surface area contributed by atoms with Crippen molar-refractivity contribution >= 4 is 18.3 Å². The van der Waals surface area contributed by atoms with Crippen LogP contribution in [0.25, 0.3) is 6.08 Å². The summed E-state index contributed by atoms with van der Waals surface area (Å²) in [5.74, 6) is -2.17. The highest BCUT2D eigenvalue weighted by Crippen LogP contribution is 2.50. The molecular weight excluding hydrogens is 492 g/mol. The van der Waals surface area contributed by atoms with Gasteiger partial charge in [-0.1, -0.05) is 19.1 Å². The fourth-order valence-electron chi connectivity index (χ4n) is 5.05. The molecule has 1 unspecified atom stereocenters. The molecule has 202 valence electrons. The van der Waals surface area contributed by atoms with Crippen LogP contribution in [0.4, 0.5) is 0 Å². The van der Waals surface area contributed by atoms with Crippen molar-refractivity contribution in [2.45, 2.75) is 62.0 Å². The van der Waals surface area contributed by atoms with Crippen LogP contribution in [-0.2, 0) is 28.5 Å². The van der Waals surface area contributed by atoms with Gasteiger partial charge < -0.3 is 49.6 Å². The van der Waals surface area contributed by atoms with Gasteiger partial charge in [-0.15, -0.1) is 0 Å². The van der Waals surface area contributed by atoms with Crippen LogP contribution in [0.1, 0.15) is 18.9 Å². The van der Waals surface area contributed by atoms with Crippen molar-refractivity contribution in [3.63, 3.8) is 0 Å². The smallest absolute Gasteiger partial charge is 0.331 e. The summed E-state index contributed by atoms with van der Waals surface area (Å²) in [7, 11) is 0. The first-order valence-corrected chi connectivity index (χ1v) is 11.8. The number of hydrogen-bond acceptors (Lipinski definition) is 12. The Bertz CT molecular complexity index is 1040. The van der Waals surface area contributed by atoms with E-state index in [0.717, 1.165) is 6.26 Å². The SMILES string of the molecule is C[C@H]1[C@@H](OC(=O)/C=C/c2ccc(O)cc2)C[C@]2(O)C(C=O)=COC(O[C@@H]3O[C@H](CO)[C@@H](O)[C@H](O)[C@H]3O)[C@H]12. The number of ether oxygens (including phenoxy) is 4. The van der Waals surface area contributed by atoms with E-state index in [-0.39, 0.29) is 17.7 Å². The summed E-state index contributed by atoms with van der Waals surface area (Å²) in [6.45, 7) is 1.01.